The normalized spacial score (nSPS) is 16.6. The van der Waals surface area contributed by atoms with Gasteiger partial charge >= 0.3 is 5.97 Å². The molecule has 0 spiro atoms. The summed E-state index contributed by atoms with van der Waals surface area (Å²) >= 11 is 5.62. The van der Waals surface area contributed by atoms with Crippen molar-refractivity contribution in [2.45, 2.75) is 32.1 Å². The third-order valence-corrected chi connectivity index (χ3v) is 4.44. The summed E-state index contributed by atoms with van der Waals surface area (Å²) in [7, 11) is 0. The molecule has 5 nitrogen and oxygen atoms in total. The fourth-order valence-electron chi connectivity index (χ4n) is 2.73. The van der Waals surface area contributed by atoms with Gasteiger partial charge in [0, 0.05) is 12.6 Å². The van der Waals surface area contributed by atoms with Crippen molar-refractivity contribution in [2.75, 3.05) is 13.2 Å². The highest BCUT2D eigenvalue weighted by Gasteiger charge is 2.39. The summed E-state index contributed by atoms with van der Waals surface area (Å²) in [6, 6.07) is 3.80. The molecule has 0 radical (unpaired) electrons. The molecule has 23 heavy (non-hydrogen) atoms. The lowest BCUT2D eigenvalue weighted by Crippen LogP contribution is -2.45. The Balaban J connectivity index is 1.84. The molecule has 1 aromatic rings. The van der Waals surface area contributed by atoms with E-state index in [9.17, 15) is 19.1 Å². The zero-order chi connectivity index (χ0) is 16.9. The molecule has 0 bridgehead atoms. The maximum atomic E-state index is 13.0. The van der Waals surface area contributed by atoms with Crippen LogP contribution in [0.15, 0.2) is 18.2 Å². The van der Waals surface area contributed by atoms with Crippen LogP contribution in [0.5, 0.6) is 5.75 Å². The largest absolute Gasteiger partial charge is 0.484 e. The number of benzene rings is 1. The van der Waals surface area contributed by atoms with E-state index in [4.69, 9.17) is 16.3 Å². The van der Waals surface area contributed by atoms with Gasteiger partial charge < -0.3 is 15.2 Å². The summed E-state index contributed by atoms with van der Waals surface area (Å²) in [6.45, 7) is -0.188. The molecular formula is C16H19ClFNO4. The minimum absolute atomic E-state index is 0.0880. The highest BCUT2D eigenvalue weighted by Crippen LogP contribution is 2.36. The number of hydrogen-bond donors (Lipinski definition) is 2. The van der Waals surface area contributed by atoms with Gasteiger partial charge in [0.2, 0.25) is 0 Å². The number of halogens is 2. The third kappa shape index (κ3) is 4.58. The Morgan fingerprint density at radius 3 is 2.61 bits per heavy atom. The Hall–Kier alpha value is -1.82. The SMILES string of the molecule is O=C(COc1ccc(F)c(Cl)c1)NCC1(C(=O)O)CCCCC1. The second-order valence-electron chi connectivity index (χ2n) is 5.79. The predicted molar refractivity (Wildman–Crippen MR) is 83.1 cm³/mol. The van der Waals surface area contributed by atoms with Crippen LogP contribution in [0.25, 0.3) is 0 Å². The number of amides is 1. The number of aliphatic carboxylic acids is 1. The van der Waals surface area contributed by atoms with Crippen LogP contribution in [0.1, 0.15) is 32.1 Å². The molecule has 0 unspecified atom stereocenters. The van der Waals surface area contributed by atoms with Gasteiger partial charge in [0.05, 0.1) is 10.4 Å². The molecule has 1 aliphatic rings. The molecule has 1 amide bonds. The molecule has 1 aromatic carbocycles. The molecule has 0 aliphatic heterocycles. The lowest BCUT2D eigenvalue weighted by atomic mass is 9.74. The fourth-order valence-corrected chi connectivity index (χ4v) is 2.90. The molecule has 2 rings (SSSR count). The van der Waals surface area contributed by atoms with Crippen LogP contribution < -0.4 is 10.1 Å². The van der Waals surface area contributed by atoms with E-state index >= 15 is 0 Å². The summed E-state index contributed by atoms with van der Waals surface area (Å²) in [4.78, 5) is 23.3. The molecule has 7 heteroatoms. The van der Waals surface area contributed by atoms with Crippen LogP contribution in [-0.4, -0.2) is 30.1 Å². The number of ether oxygens (including phenoxy) is 1. The van der Waals surface area contributed by atoms with E-state index < -0.39 is 23.1 Å². The van der Waals surface area contributed by atoms with E-state index in [0.29, 0.717) is 12.8 Å². The van der Waals surface area contributed by atoms with Gasteiger partial charge in [-0.25, -0.2) is 4.39 Å². The van der Waals surface area contributed by atoms with Gasteiger partial charge in [-0.2, -0.15) is 0 Å². The first-order valence-corrected chi connectivity index (χ1v) is 7.89. The van der Waals surface area contributed by atoms with Gasteiger partial charge in [-0.1, -0.05) is 30.9 Å². The summed E-state index contributed by atoms with van der Waals surface area (Å²) in [6.07, 6.45) is 3.87. The average Bonchev–Trinajstić information content (AvgIpc) is 2.54. The third-order valence-electron chi connectivity index (χ3n) is 4.15. The molecule has 126 valence electrons. The minimum Gasteiger partial charge on any atom is -0.484 e. The van der Waals surface area contributed by atoms with E-state index in [1.165, 1.54) is 12.1 Å². The van der Waals surface area contributed by atoms with E-state index in [-0.39, 0.29) is 23.9 Å². The Morgan fingerprint density at radius 1 is 1.30 bits per heavy atom. The Labute approximate surface area is 138 Å². The van der Waals surface area contributed by atoms with Crippen LogP contribution >= 0.6 is 11.6 Å². The van der Waals surface area contributed by atoms with Gasteiger partial charge in [-0.15, -0.1) is 0 Å². The van der Waals surface area contributed by atoms with Crippen molar-refractivity contribution in [3.8, 4) is 5.75 Å². The van der Waals surface area contributed by atoms with E-state index in [1.807, 2.05) is 0 Å². The molecule has 0 heterocycles. The van der Waals surface area contributed by atoms with Crippen LogP contribution in [0.3, 0.4) is 0 Å². The molecule has 0 saturated heterocycles. The van der Waals surface area contributed by atoms with Crippen molar-refractivity contribution in [1.29, 1.82) is 0 Å². The van der Waals surface area contributed by atoms with Gasteiger partial charge in [0.1, 0.15) is 11.6 Å². The molecular weight excluding hydrogens is 325 g/mol. The van der Waals surface area contributed by atoms with Crippen molar-refractivity contribution >= 4 is 23.5 Å². The molecule has 1 saturated carbocycles. The smallest absolute Gasteiger partial charge is 0.311 e. The monoisotopic (exact) mass is 343 g/mol. The van der Waals surface area contributed by atoms with Crippen LogP contribution in [0.4, 0.5) is 4.39 Å². The number of carboxylic acid groups (broad SMARTS) is 1. The molecule has 0 aromatic heterocycles. The number of carbonyl (C=O) groups excluding carboxylic acids is 1. The fraction of sp³-hybridized carbons (Fsp3) is 0.500. The van der Waals surface area contributed by atoms with Crippen molar-refractivity contribution in [3.05, 3.63) is 29.0 Å². The highest BCUT2D eigenvalue weighted by atomic mass is 35.5. The molecule has 1 aliphatic carbocycles. The van der Waals surface area contributed by atoms with Gasteiger partial charge in [-0.3, -0.25) is 9.59 Å². The lowest BCUT2D eigenvalue weighted by Gasteiger charge is -2.33. The number of nitrogens with one attached hydrogen (secondary N) is 1. The first kappa shape index (κ1) is 17.5. The number of hydrogen-bond acceptors (Lipinski definition) is 3. The highest BCUT2D eigenvalue weighted by molar-refractivity contribution is 6.30. The number of rotatable bonds is 6. The van der Waals surface area contributed by atoms with Crippen molar-refractivity contribution in [1.82, 2.24) is 5.32 Å². The van der Waals surface area contributed by atoms with Crippen LogP contribution in [-0.2, 0) is 9.59 Å². The Morgan fingerprint density at radius 2 is 2.00 bits per heavy atom. The zero-order valence-corrected chi connectivity index (χ0v) is 13.4. The van der Waals surface area contributed by atoms with Crippen molar-refractivity contribution in [2.24, 2.45) is 5.41 Å². The second-order valence-corrected chi connectivity index (χ2v) is 6.19. The second kappa shape index (κ2) is 7.64. The molecule has 1 fully saturated rings. The molecule has 2 N–H and O–H groups in total. The number of carboxylic acids is 1. The van der Waals surface area contributed by atoms with Crippen LogP contribution in [0.2, 0.25) is 5.02 Å². The summed E-state index contributed by atoms with van der Waals surface area (Å²) in [5.41, 5.74) is -0.882. The summed E-state index contributed by atoms with van der Waals surface area (Å²) < 4.78 is 18.2. The molecule has 0 atom stereocenters. The number of carbonyl (C=O) groups is 2. The van der Waals surface area contributed by atoms with E-state index in [0.717, 1.165) is 25.3 Å². The first-order valence-electron chi connectivity index (χ1n) is 7.51. The van der Waals surface area contributed by atoms with Gasteiger partial charge in [0.15, 0.2) is 6.61 Å². The minimum atomic E-state index is -0.882. The van der Waals surface area contributed by atoms with Crippen LogP contribution in [0, 0.1) is 11.2 Å². The first-order chi connectivity index (χ1) is 10.9. The lowest BCUT2D eigenvalue weighted by molar-refractivity contribution is -0.151. The van der Waals surface area contributed by atoms with Crippen molar-refractivity contribution < 1.29 is 23.8 Å². The Kier molecular flexibility index (Phi) is 5.82. The predicted octanol–water partition coefficient (Wildman–Crippen LogP) is 3.01. The Bertz CT molecular complexity index is 587. The average molecular weight is 344 g/mol. The maximum absolute atomic E-state index is 13.0. The zero-order valence-electron chi connectivity index (χ0n) is 12.6. The van der Waals surface area contributed by atoms with E-state index in [2.05, 4.69) is 5.32 Å². The van der Waals surface area contributed by atoms with E-state index in [1.54, 1.807) is 0 Å². The standard InChI is InChI=1S/C16H19ClFNO4/c17-12-8-11(4-5-13(12)18)23-9-14(20)19-10-16(15(21)22)6-2-1-3-7-16/h4-5,8H,1-3,6-7,9-10H2,(H,19,20)(H,21,22). The summed E-state index contributed by atoms with van der Waals surface area (Å²) in [5, 5.41) is 12.0. The quantitative estimate of drug-likeness (QED) is 0.832. The maximum Gasteiger partial charge on any atom is 0.311 e. The van der Waals surface area contributed by atoms with Gasteiger partial charge in [-0.05, 0) is 25.0 Å². The summed E-state index contributed by atoms with van der Waals surface area (Å²) in [5.74, 6) is -1.58. The van der Waals surface area contributed by atoms with Crippen molar-refractivity contribution in [3.63, 3.8) is 0 Å². The van der Waals surface area contributed by atoms with Gasteiger partial charge in [0.25, 0.3) is 5.91 Å². The topological polar surface area (TPSA) is 75.6 Å².